The minimum atomic E-state index is -4.48. The first-order chi connectivity index (χ1) is 12.8. The maximum absolute atomic E-state index is 13.0. The van der Waals surface area contributed by atoms with E-state index in [1.165, 1.54) is 24.3 Å². The number of carbonyl (C=O) groups is 1. The summed E-state index contributed by atoms with van der Waals surface area (Å²) in [5.41, 5.74) is -0.800. The Morgan fingerprint density at radius 3 is 2.89 bits per heavy atom. The number of amides is 1. The van der Waals surface area contributed by atoms with Crippen LogP contribution in [0.25, 0.3) is 0 Å². The van der Waals surface area contributed by atoms with Crippen molar-refractivity contribution in [1.82, 2.24) is 15.4 Å². The molecular formula is C18H20F3N3O3. The van der Waals surface area contributed by atoms with Crippen LogP contribution in [0, 0.1) is 0 Å². The molecule has 0 saturated carbocycles. The van der Waals surface area contributed by atoms with Gasteiger partial charge in [-0.1, -0.05) is 23.4 Å². The second-order valence-corrected chi connectivity index (χ2v) is 6.55. The fourth-order valence-corrected chi connectivity index (χ4v) is 3.11. The Labute approximate surface area is 153 Å². The summed E-state index contributed by atoms with van der Waals surface area (Å²) >= 11 is 0. The van der Waals surface area contributed by atoms with E-state index in [9.17, 15) is 23.1 Å². The van der Waals surface area contributed by atoms with Crippen molar-refractivity contribution in [1.29, 1.82) is 0 Å². The summed E-state index contributed by atoms with van der Waals surface area (Å²) in [6.07, 6.45) is -3.22. The number of nitrogens with zero attached hydrogens (tertiary/aromatic N) is 2. The molecule has 1 amide bonds. The average molecular weight is 383 g/mol. The molecule has 2 N–H and O–H groups in total. The van der Waals surface area contributed by atoms with E-state index in [0.717, 1.165) is 25.5 Å². The first-order valence-corrected chi connectivity index (χ1v) is 8.62. The van der Waals surface area contributed by atoms with Gasteiger partial charge in [0.25, 0.3) is 5.91 Å². The van der Waals surface area contributed by atoms with Crippen LogP contribution in [0.3, 0.4) is 0 Å². The number of aliphatic hydroxyl groups is 1. The van der Waals surface area contributed by atoms with Crippen LogP contribution in [0.15, 0.2) is 34.9 Å². The van der Waals surface area contributed by atoms with E-state index in [1.807, 2.05) is 4.90 Å². The third-order valence-corrected chi connectivity index (χ3v) is 4.41. The Morgan fingerprint density at radius 2 is 2.15 bits per heavy atom. The molecular weight excluding hydrogens is 363 g/mol. The molecule has 1 aliphatic heterocycles. The van der Waals surface area contributed by atoms with Crippen LogP contribution in [0.5, 0.6) is 0 Å². The molecule has 1 atom stereocenters. The number of nitrogens with one attached hydrogen (secondary N) is 1. The van der Waals surface area contributed by atoms with E-state index in [2.05, 4.69) is 10.5 Å². The standard InChI is InChI=1S/C18H20F3N3O3/c19-18(20,21)15-6-2-1-4-12(15)9-22-17(26)16-8-14(27-23-16)11-24-7-3-5-13(25)10-24/h1-2,4,6,8,13,25H,3,5,7,9-11H2,(H,22,26). The van der Waals surface area contributed by atoms with Crippen LogP contribution in [0.1, 0.15) is 40.2 Å². The number of piperidine rings is 1. The number of aliphatic hydroxyl groups excluding tert-OH is 1. The van der Waals surface area contributed by atoms with Gasteiger partial charge in [-0.25, -0.2) is 0 Å². The van der Waals surface area contributed by atoms with Crippen LogP contribution in [0.4, 0.5) is 13.2 Å². The Kier molecular flexibility index (Phi) is 5.81. The second-order valence-electron chi connectivity index (χ2n) is 6.55. The molecule has 146 valence electrons. The van der Waals surface area contributed by atoms with Gasteiger partial charge in [0.2, 0.25) is 0 Å². The molecule has 3 rings (SSSR count). The lowest BCUT2D eigenvalue weighted by atomic mass is 10.1. The zero-order chi connectivity index (χ0) is 19.4. The van der Waals surface area contributed by atoms with Gasteiger partial charge in [0.15, 0.2) is 11.5 Å². The van der Waals surface area contributed by atoms with Crippen LogP contribution >= 0.6 is 0 Å². The van der Waals surface area contributed by atoms with E-state index in [4.69, 9.17) is 4.52 Å². The number of likely N-dealkylation sites (tertiary alicyclic amines) is 1. The van der Waals surface area contributed by atoms with Gasteiger partial charge < -0.3 is 14.9 Å². The van der Waals surface area contributed by atoms with Crippen LogP contribution < -0.4 is 5.32 Å². The van der Waals surface area contributed by atoms with Crippen LogP contribution in [-0.2, 0) is 19.3 Å². The zero-order valence-corrected chi connectivity index (χ0v) is 14.5. The number of β-amino-alcohol motifs (C(OH)–C–C–N with tert-alkyl or cyclic N) is 1. The minimum Gasteiger partial charge on any atom is -0.392 e. The molecule has 1 saturated heterocycles. The number of benzene rings is 1. The van der Waals surface area contributed by atoms with Gasteiger partial charge in [0, 0.05) is 19.2 Å². The Bertz CT molecular complexity index is 791. The van der Waals surface area contributed by atoms with Crippen LogP contribution in [-0.4, -0.2) is 40.3 Å². The molecule has 1 aliphatic rings. The summed E-state index contributed by atoms with van der Waals surface area (Å²) in [5.74, 6) is -0.148. The molecule has 2 aromatic rings. The minimum absolute atomic E-state index is 0.00653. The Hall–Kier alpha value is -2.39. The van der Waals surface area contributed by atoms with Crippen LogP contribution in [0.2, 0.25) is 0 Å². The molecule has 0 bridgehead atoms. The molecule has 27 heavy (non-hydrogen) atoms. The van der Waals surface area contributed by atoms with Crippen molar-refractivity contribution < 1.29 is 27.6 Å². The number of aromatic nitrogens is 1. The molecule has 0 aliphatic carbocycles. The van der Waals surface area contributed by atoms with Crippen molar-refractivity contribution >= 4 is 5.91 Å². The molecule has 0 radical (unpaired) electrons. The number of halogens is 3. The van der Waals surface area contributed by atoms with E-state index in [-0.39, 0.29) is 23.9 Å². The Balaban J connectivity index is 1.59. The summed E-state index contributed by atoms with van der Waals surface area (Å²) in [6.45, 7) is 1.48. The molecule has 6 nitrogen and oxygen atoms in total. The van der Waals surface area contributed by atoms with Gasteiger partial charge in [-0.05, 0) is 31.0 Å². The molecule has 0 spiro atoms. The molecule has 1 aromatic heterocycles. The maximum Gasteiger partial charge on any atom is 0.416 e. The predicted molar refractivity (Wildman–Crippen MR) is 89.6 cm³/mol. The first-order valence-electron chi connectivity index (χ1n) is 8.62. The van der Waals surface area contributed by atoms with Gasteiger partial charge in [-0.3, -0.25) is 9.69 Å². The van der Waals surface area contributed by atoms with Gasteiger partial charge in [-0.2, -0.15) is 13.2 Å². The third-order valence-electron chi connectivity index (χ3n) is 4.41. The molecule has 2 heterocycles. The van der Waals surface area contributed by atoms with Gasteiger partial charge in [0.1, 0.15) is 0 Å². The summed E-state index contributed by atoms with van der Waals surface area (Å²) in [4.78, 5) is 14.2. The fourth-order valence-electron chi connectivity index (χ4n) is 3.11. The molecule has 1 fully saturated rings. The zero-order valence-electron chi connectivity index (χ0n) is 14.5. The van der Waals surface area contributed by atoms with Gasteiger partial charge in [0.05, 0.1) is 18.2 Å². The molecule has 1 unspecified atom stereocenters. The third kappa shape index (κ3) is 5.08. The number of rotatable bonds is 5. The van der Waals surface area contributed by atoms with E-state index >= 15 is 0 Å². The SMILES string of the molecule is O=C(NCc1ccccc1C(F)(F)F)c1cc(CN2CCCC(O)C2)on1. The normalized spacial score (nSPS) is 18.4. The van der Waals surface area contributed by atoms with E-state index in [0.29, 0.717) is 18.8 Å². The van der Waals surface area contributed by atoms with Crippen molar-refractivity contribution in [3.63, 3.8) is 0 Å². The lowest BCUT2D eigenvalue weighted by Crippen LogP contribution is -2.37. The van der Waals surface area contributed by atoms with Crippen molar-refractivity contribution in [3.05, 3.63) is 52.9 Å². The topological polar surface area (TPSA) is 78.6 Å². The van der Waals surface area contributed by atoms with Crippen molar-refractivity contribution in [3.8, 4) is 0 Å². The lowest BCUT2D eigenvalue weighted by Gasteiger charge is -2.28. The second kappa shape index (κ2) is 8.10. The predicted octanol–water partition coefficient (Wildman–Crippen LogP) is 2.58. The van der Waals surface area contributed by atoms with Gasteiger partial charge in [-0.15, -0.1) is 0 Å². The highest BCUT2D eigenvalue weighted by atomic mass is 19.4. The van der Waals surface area contributed by atoms with E-state index in [1.54, 1.807) is 0 Å². The largest absolute Gasteiger partial charge is 0.416 e. The number of carbonyl (C=O) groups excluding carboxylic acids is 1. The summed E-state index contributed by atoms with van der Waals surface area (Å²) in [7, 11) is 0. The summed E-state index contributed by atoms with van der Waals surface area (Å²) in [5, 5.41) is 15.8. The highest BCUT2D eigenvalue weighted by Gasteiger charge is 2.33. The highest BCUT2D eigenvalue weighted by molar-refractivity contribution is 5.92. The monoisotopic (exact) mass is 383 g/mol. The van der Waals surface area contributed by atoms with Crippen molar-refractivity contribution in [2.75, 3.05) is 13.1 Å². The van der Waals surface area contributed by atoms with Gasteiger partial charge >= 0.3 is 6.18 Å². The van der Waals surface area contributed by atoms with Crippen molar-refractivity contribution in [2.24, 2.45) is 0 Å². The average Bonchev–Trinajstić information content (AvgIpc) is 3.08. The smallest absolute Gasteiger partial charge is 0.392 e. The molecule has 9 heteroatoms. The van der Waals surface area contributed by atoms with E-state index < -0.39 is 17.6 Å². The maximum atomic E-state index is 13.0. The summed E-state index contributed by atoms with van der Waals surface area (Å²) in [6, 6.07) is 6.54. The first kappa shape index (κ1) is 19.4. The summed E-state index contributed by atoms with van der Waals surface area (Å²) < 4.78 is 44.1. The highest BCUT2D eigenvalue weighted by Crippen LogP contribution is 2.31. The number of hydrogen-bond acceptors (Lipinski definition) is 5. The molecule has 1 aromatic carbocycles. The lowest BCUT2D eigenvalue weighted by molar-refractivity contribution is -0.138. The number of alkyl halides is 3. The number of hydrogen-bond donors (Lipinski definition) is 2. The van der Waals surface area contributed by atoms with Crippen molar-refractivity contribution in [2.45, 2.75) is 38.2 Å². The quantitative estimate of drug-likeness (QED) is 0.830. The Morgan fingerprint density at radius 1 is 1.37 bits per heavy atom. The fraction of sp³-hybridized carbons (Fsp3) is 0.444.